The summed E-state index contributed by atoms with van der Waals surface area (Å²) in [6, 6.07) is 0. The maximum absolute atomic E-state index is 13.3. The smallest absolute Gasteiger partial charge is 0.438 e. The third-order valence-corrected chi connectivity index (χ3v) is 8.29. The Morgan fingerprint density at radius 2 is 1.24 bits per heavy atom. The van der Waals surface area contributed by atoms with Crippen LogP contribution < -0.4 is 4.90 Å². The molecule has 0 unspecified atom stereocenters. The fourth-order valence-corrected chi connectivity index (χ4v) is 6.98. The zero-order valence-corrected chi connectivity index (χ0v) is 20.3. The lowest BCUT2D eigenvalue weighted by molar-refractivity contribution is -0.894. The van der Waals surface area contributed by atoms with Crippen LogP contribution in [0.15, 0.2) is 0 Å². The molecule has 0 spiro atoms. The van der Waals surface area contributed by atoms with Crippen molar-refractivity contribution in [3.63, 3.8) is 0 Å². The molecular formula is C21H33F6NO5S. The number of alkyl halides is 6. The first-order valence-electron chi connectivity index (χ1n) is 11.6. The highest BCUT2D eigenvalue weighted by atomic mass is 32.2. The van der Waals surface area contributed by atoms with Crippen molar-refractivity contribution in [3.8, 4) is 0 Å². The summed E-state index contributed by atoms with van der Waals surface area (Å²) in [5, 5.41) is 0. The summed E-state index contributed by atoms with van der Waals surface area (Å²) in [7, 11) is -6.02. The van der Waals surface area contributed by atoms with E-state index in [0.29, 0.717) is 0 Å². The first kappa shape index (κ1) is 29.2. The number of ether oxygens (including phenoxy) is 1. The zero-order valence-electron chi connectivity index (χ0n) is 19.5. The van der Waals surface area contributed by atoms with Gasteiger partial charge in [-0.15, -0.1) is 0 Å². The molecule has 0 heterocycles. The van der Waals surface area contributed by atoms with E-state index in [-0.39, 0.29) is 37.0 Å². The standard InChI is InChI=1S/C15H18F6O5S.C6H15N/c16-14(17,18)13(15(19,20)21,7-27(23,24)25)26-11(22)12-4-8-1-9(5-12)3-10(2-8)6-12;1-4-7(5-2)6-3/h8-10H,1-7H2,(H,23,24,25);4-6H2,1-3H3. The largest absolute Gasteiger partial charge is 0.748 e. The molecule has 4 bridgehead atoms. The number of halogens is 6. The number of quaternary nitrogens is 1. The summed E-state index contributed by atoms with van der Waals surface area (Å²) in [5.74, 6) is -4.57. The van der Waals surface area contributed by atoms with Gasteiger partial charge in [0.15, 0.2) is 0 Å². The molecule has 0 atom stereocenters. The van der Waals surface area contributed by atoms with Gasteiger partial charge >= 0.3 is 23.9 Å². The Morgan fingerprint density at radius 1 is 0.882 bits per heavy atom. The molecule has 6 nitrogen and oxygen atoms in total. The summed E-state index contributed by atoms with van der Waals surface area (Å²) in [4.78, 5) is 14.3. The lowest BCUT2D eigenvalue weighted by atomic mass is 9.49. The Balaban J connectivity index is 0.000000509. The number of hydrogen-bond acceptors (Lipinski definition) is 5. The van der Waals surface area contributed by atoms with Crippen molar-refractivity contribution >= 4 is 16.1 Å². The second kappa shape index (κ2) is 10.1. The Morgan fingerprint density at radius 3 is 1.47 bits per heavy atom. The molecule has 200 valence electrons. The zero-order chi connectivity index (χ0) is 26.2. The minimum Gasteiger partial charge on any atom is -0.748 e. The molecule has 0 aromatic heterocycles. The van der Waals surface area contributed by atoms with Crippen LogP contribution in [0.3, 0.4) is 0 Å². The number of esters is 1. The predicted octanol–water partition coefficient (Wildman–Crippen LogP) is 3.09. The summed E-state index contributed by atoms with van der Waals surface area (Å²) in [6.07, 6.45) is -9.97. The molecule has 4 fully saturated rings. The van der Waals surface area contributed by atoms with Crippen molar-refractivity contribution in [2.75, 3.05) is 25.4 Å². The summed E-state index contributed by atoms with van der Waals surface area (Å²) < 4.78 is 116. The van der Waals surface area contributed by atoms with Crippen LogP contribution in [0, 0.1) is 23.2 Å². The van der Waals surface area contributed by atoms with Crippen molar-refractivity contribution in [2.24, 2.45) is 23.2 Å². The van der Waals surface area contributed by atoms with E-state index in [0.717, 1.165) is 19.3 Å². The van der Waals surface area contributed by atoms with Crippen LogP contribution in [0.1, 0.15) is 59.3 Å². The molecule has 4 rings (SSSR count). The van der Waals surface area contributed by atoms with E-state index in [9.17, 15) is 44.1 Å². The van der Waals surface area contributed by atoms with Crippen LogP contribution in [-0.2, 0) is 19.6 Å². The highest BCUT2D eigenvalue weighted by molar-refractivity contribution is 7.85. The van der Waals surface area contributed by atoms with Crippen LogP contribution in [-0.4, -0.2) is 62.3 Å². The summed E-state index contributed by atoms with van der Waals surface area (Å²) in [5.41, 5.74) is -6.86. The molecule has 4 saturated carbocycles. The van der Waals surface area contributed by atoms with E-state index >= 15 is 0 Å². The van der Waals surface area contributed by atoms with Gasteiger partial charge in [0.25, 0.3) is 0 Å². The number of hydrogen-bond donors (Lipinski definition) is 1. The molecule has 34 heavy (non-hydrogen) atoms. The quantitative estimate of drug-likeness (QED) is 0.314. The van der Waals surface area contributed by atoms with Gasteiger partial charge in [-0.1, -0.05) is 0 Å². The number of rotatable bonds is 7. The topological polar surface area (TPSA) is 87.9 Å². The van der Waals surface area contributed by atoms with Gasteiger partial charge in [0.05, 0.1) is 40.9 Å². The summed E-state index contributed by atoms with van der Waals surface area (Å²) in [6.45, 7) is 10.5. The fourth-order valence-electron chi connectivity index (χ4n) is 6.10. The Kier molecular flexibility index (Phi) is 8.68. The van der Waals surface area contributed by atoms with Crippen LogP contribution in [0.25, 0.3) is 0 Å². The number of carbonyl (C=O) groups excluding carboxylic acids is 1. The molecule has 0 aromatic rings. The van der Waals surface area contributed by atoms with Crippen LogP contribution in [0.5, 0.6) is 0 Å². The molecular weight excluding hydrogens is 492 g/mol. The highest BCUT2D eigenvalue weighted by Gasteiger charge is 2.76. The first-order valence-corrected chi connectivity index (χ1v) is 13.1. The monoisotopic (exact) mass is 525 g/mol. The van der Waals surface area contributed by atoms with E-state index in [1.54, 1.807) is 4.90 Å². The van der Waals surface area contributed by atoms with Gasteiger partial charge in [0.1, 0.15) is 0 Å². The molecule has 4 aliphatic carbocycles. The lowest BCUT2D eigenvalue weighted by Crippen LogP contribution is -3.11. The average molecular weight is 526 g/mol. The minimum atomic E-state index is -6.32. The number of carbonyl (C=O) groups is 1. The van der Waals surface area contributed by atoms with Crippen molar-refractivity contribution in [2.45, 2.75) is 77.2 Å². The van der Waals surface area contributed by atoms with Crippen LogP contribution in [0.2, 0.25) is 0 Å². The second-order valence-electron chi connectivity index (χ2n) is 9.92. The van der Waals surface area contributed by atoms with Gasteiger partial charge in [-0.2, -0.15) is 26.3 Å². The molecule has 0 aliphatic heterocycles. The first-order chi connectivity index (χ1) is 15.4. The van der Waals surface area contributed by atoms with Gasteiger partial charge in [0, 0.05) is 0 Å². The Hall–Kier alpha value is -1.08. The number of nitrogens with one attached hydrogen (secondary N) is 1. The van der Waals surface area contributed by atoms with Crippen molar-refractivity contribution in [3.05, 3.63) is 0 Å². The molecule has 0 amide bonds. The van der Waals surface area contributed by atoms with E-state index < -0.39 is 45.2 Å². The second-order valence-corrected chi connectivity index (χ2v) is 11.3. The van der Waals surface area contributed by atoms with Gasteiger partial charge in [0.2, 0.25) is 0 Å². The minimum absolute atomic E-state index is 0.0261. The molecule has 0 aromatic carbocycles. The highest BCUT2D eigenvalue weighted by Crippen LogP contribution is 2.61. The maximum atomic E-state index is 13.3. The van der Waals surface area contributed by atoms with Crippen LogP contribution >= 0.6 is 0 Å². The van der Waals surface area contributed by atoms with Crippen molar-refractivity contribution < 1.29 is 53.7 Å². The SMILES string of the molecule is CC[NH+](CC)CC.O=C(OC(CS(=O)(=O)[O-])(C(F)(F)F)C(F)(F)F)C12CC3CC(CC(C3)C1)C2. The van der Waals surface area contributed by atoms with E-state index in [1.807, 2.05) is 0 Å². The predicted molar refractivity (Wildman–Crippen MR) is 109 cm³/mol. The molecule has 13 heteroatoms. The molecule has 0 saturated heterocycles. The van der Waals surface area contributed by atoms with Gasteiger partial charge in [-0.3, -0.25) is 4.79 Å². The van der Waals surface area contributed by atoms with E-state index in [1.165, 1.54) is 19.6 Å². The third kappa shape index (κ3) is 6.18. The van der Waals surface area contributed by atoms with E-state index in [2.05, 4.69) is 25.5 Å². The third-order valence-electron chi connectivity index (χ3n) is 7.53. The van der Waals surface area contributed by atoms with E-state index in [4.69, 9.17) is 0 Å². The Labute approximate surface area is 196 Å². The molecule has 0 radical (unpaired) electrons. The molecule has 1 N–H and O–H groups in total. The maximum Gasteiger partial charge on any atom is 0.438 e. The fraction of sp³-hybridized carbons (Fsp3) is 0.952. The van der Waals surface area contributed by atoms with Crippen molar-refractivity contribution in [1.29, 1.82) is 0 Å². The van der Waals surface area contributed by atoms with Gasteiger partial charge in [-0.25, -0.2) is 8.42 Å². The van der Waals surface area contributed by atoms with Crippen LogP contribution in [0.4, 0.5) is 26.3 Å². The lowest BCUT2D eigenvalue weighted by Gasteiger charge is -2.55. The molecule has 4 aliphatic rings. The Bertz CT molecular complexity index is 768. The van der Waals surface area contributed by atoms with Crippen molar-refractivity contribution in [1.82, 2.24) is 0 Å². The van der Waals surface area contributed by atoms with Gasteiger partial charge < -0.3 is 14.2 Å². The average Bonchev–Trinajstić information content (AvgIpc) is 2.65. The van der Waals surface area contributed by atoms with Gasteiger partial charge in [-0.05, 0) is 77.0 Å². The summed E-state index contributed by atoms with van der Waals surface area (Å²) >= 11 is 0. The normalized spacial score (nSPS) is 29.1.